The molecule has 4 N–H and O–H groups in total. The predicted molar refractivity (Wildman–Crippen MR) is 38.4 cm³/mol. The maximum Gasteiger partial charge on any atom is 0.123 e. The van der Waals surface area contributed by atoms with Crippen LogP contribution in [0, 0.1) is 0 Å². The average Bonchev–Trinajstić information content (AvgIpc) is 1.97. The molecule has 0 radical (unpaired) electrons. The first-order chi connectivity index (χ1) is 5.25. The molecule has 0 aromatic heterocycles. The van der Waals surface area contributed by atoms with Gasteiger partial charge in [-0.05, 0) is 12.1 Å². The Hall–Kier alpha value is -1.26. The number of nitrogens with one attached hydrogen (secondary N) is 1. The van der Waals surface area contributed by atoms with Crippen LogP contribution in [0.1, 0.15) is 5.56 Å². The number of hydrogen-bond acceptors (Lipinski definition) is 4. The van der Waals surface area contributed by atoms with Gasteiger partial charge in [0, 0.05) is 0 Å². The second-order valence-corrected chi connectivity index (χ2v) is 2.11. The minimum absolute atomic E-state index is 0.0263. The molecular formula is C7H9NO3. The van der Waals surface area contributed by atoms with Gasteiger partial charge >= 0.3 is 0 Å². The molecule has 0 saturated carbocycles. The van der Waals surface area contributed by atoms with Crippen LogP contribution in [-0.4, -0.2) is 15.4 Å². The highest BCUT2D eigenvalue weighted by molar-refractivity contribution is 5.42. The van der Waals surface area contributed by atoms with Crippen molar-refractivity contribution in [3.63, 3.8) is 0 Å². The van der Waals surface area contributed by atoms with Crippen LogP contribution in [0.4, 0.5) is 0 Å². The molecular weight excluding hydrogens is 146 g/mol. The Morgan fingerprint density at radius 1 is 1.18 bits per heavy atom. The van der Waals surface area contributed by atoms with E-state index >= 15 is 0 Å². The lowest BCUT2D eigenvalue weighted by atomic mass is 10.2. The van der Waals surface area contributed by atoms with Crippen LogP contribution in [0.2, 0.25) is 0 Å². The van der Waals surface area contributed by atoms with Crippen LogP contribution in [0.3, 0.4) is 0 Å². The van der Waals surface area contributed by atoms with Crippen LogP contribution in [0.5, 0.6) is 11.5 Å². The number of phenols is 2. The summed E-state index contributed by atoms with van der Waals surface area (Å²) in [6.07, 6.45) is 0. The third-order valence-electron chi connectivity index (χ3n) is 1.38. The molecule has 0 fully saturated rings. The van der Waals surface area contributed by atoms with Gasteiger partial charge in [0.25, 0.3) is 0 Å². The van der Waals surface area contributed by atoms with Crippen molar-refractivity contribution in [2.75, 3.05) is 0 Å². The van der Waals surface area contributed by atoms with E-state index in [0.717, 1.165) is 0 Å². The van der Waals surface area contributed by atoms with Gasteiger partial charge in [-0.25, -0.2) is 5.48 Å². The van der Waals surface area contributed by atoms with E-state index in [2.05, 4.69) is 0 Å². The van der Waals surface area contributed by atoms with Crippen LogP contribution >= 0.6 is 0 Å². The number of rotatable bonds is 2. The minimum Gasteiger partial charge on any atom is -0.507 e. The fourth-order valence-electron chi connectivity index (χ4n) is 0.823. The van der Waals surface area contributed by atoms with Gasteiger partial charge in [0.15, 0.2) is 0 Å². The number of benzene rings is 1. The van der Waals surface area contributed by atoms with Crippen molar-refractivity contribution in [2.45, 2.75) is 6.54 Å². The van der Waals surface area contributed by atoms with Gasteiger partial charge in [-0.1, -0.05) is 6.07 Å². The minimum atomic E-state index is -0.0356. The lowest BCUT2D eigenvalue weighted by molar-refractivity contribution is 0.159. The molecule has 60 valence electrons. The fraction of sp³-hybridized carbons (Fsp3) is 0.143. The Kier molecular flexibility index (Phi) is 2.30. The molecule has 1 aromatic carbocycles. The number of hydroxylamine groups is 1. The van der Waals surface area contributed by atoms with E-state index in [0.29, 0.717) is 0 Å². The van der Waals surface area contributed by atoms with E-state index < -0.39 is 0 Å². The zero-order valence-electron chi connectivity index (χ0n) is 5.78. The van der Waals surface area contributed by atoms with E-state index in [1.54, 1.807) is 0 Å². The van der Waals surface area contributed by atoms with Gasteiger partial charge < -0.3 is 15.4 Å². The van der Waals surface area contributed by atoms with Crippen LogP contribution in [0.25, 0.3) is 0 Å². The zero-order valence-corrected chi connectivity index (χ0v) is 5.78. The summed E-state index contributed by atoms with van der Waals surface area (Å²) < 4.78 is 0. The quantitative estimate of drug-likeness (QED) is 0.471. The summed E-state index contributed by atoms with van der Waals surface area (Å²) in [5.74, 6) is -0.0712. The van der Waals surface area contributed by atoms with Crippen LogP contribution < -0.4 is 5.48 Å². The van der Waals surface area contributed by atoms with Gasteiger partial charge in [-0.3, -0.25) is 0 Å². The molecule has 0 amide bonds. The Morgan fingerprint density at radius 3 is 2.18 bits per heavy atom. The topological polar surface area (TPSA) is 72.7 Å². The molecule has 4 nitrogen and oxygen atoms in total. The Morgan fingerprint density at radius 2 is 1.73 bits per heavy atom. The van der Waals surface area contributed by atoms with Crippen molar-refractivity contribution >= 4 is 0 Å². The van der Waals surface area contributed by atoms with E-state index in [1.807, 2.05) is 5.48 Å². The summed E-state index contributed by atoms with van der Waals surface area (Å²) in [7, 11) is 0. The van der Waals surface area contributed by atoms with E-state index in [-0.39, 0.29) is 23.6 Å². The molecule has 0 unspecified atom stereocenters. The lowest BCUT2D eigenvalue weighted by Crippen LogP contribution is -2.06. The van der Waals surface area contributed by atoms with E-state index in [4.69, 9.17) is 15.4 Å². The summed E-state index contributed by atoms with van der Waals surface area (Å²) in [6, 6.07) is 4.39. The first-order valence-electron chi connectivity index (χ1n) is 3.12. The standard InChI is InChI=1S/C7H9NO3/c9-6-2-1-3-7(10)5(6)4-8-11/h1-3,8-11H,4H2. The van der Waals surface area contributed by atoms with Crippen molar-refractivity contribution in [3.8, 4) is 11.5 Å². The predicted octanol–water partition coefficient (Wildman–Crippen LogP) is 0.577. The van der Waals surface area contributed by atoms with Gasteiger partial charge in [0.05, 0.1) is 12.1 Å². The number of hydrogen-bond donors (Lipinski definition) is 4. The van der Waals surface area contributed by atoms with Gasteiger partial charge in [-0.15, -0.1) is 0 Å². The maximum absolute atomic E-state index is 9.11. The largest absolute Gasteiger partial charge is 0.507 e. The summed E-state index contributed by atoms with van der Waals surface area (Å²) in [5, 5.41) is 26.5. The molecule has 0 spiro atoms. The Balaban J connectivity index is 3.00. The molecule has 4 heteroatoms. The molecule has 0 aliphatic heterocycles. The zero-order chi connectivity index (χ0) is 8.27. The maximum atomic E-state index is 9.11. The highest BCUT2D eigenvalue weighted by atomic mass is 16.5. The summed E-state index contributed by atoms with van der Waals surface area (Å²) in [5.41, 5.74) is 2.13. The molecule has 0 saturated heterocycles. The Bertz CT molecular complexity index is 229. The third-order valence-corrected chi connectivity index (χ3v) is 1.38. The number of aromatic hydroxyl groups is 2. The second-order valence-electron chi connectivity index (χ2n) is 2.11. The molecule has 0 heterocycles. The lowest BCUT2D eigenvalue weighted by Gasteiger charge is -2.04. The van der Waals surface area contributed by atoms with Crippen LogP contribution in [-0.2, 0) is 6.54 Å². The van der Waals surface area contributed by atoms with Gasteiger partial charge in [0.2, 0.25) is 0 Å². The highest BCUT2D eigenvalue weighted by Crippen LogP contribution is 2.25. The molecule has 0 atom stereocenters. The van der Waals surface area contributed by atoms with Gasteiger partial charge in [0.1, 0.15) is 11.5 Å². The van der Waals surface area contributed by atoms with Crippen molar-refractivity contribution in [1.82, 2.24) is 5.48 Å². The Labute approximate surface area is 63.7 Å². The molecule has 1 aromatic rings. The van der Waals surface area contributed by atoms with E-state index in [9.17, 15) is 0 Å². The molecule has 1 rings (SSSR count). The monoisotopic (exact) mass is 155 g/mol. The van der Waals surface area contributed by atoms with Crippen LogP contribution in [0.15, 0.2) is 18.2 Å². The third kappa shape index (κ3) is 1.60. The second kappa shape index (κ2) is 3.23. The molecule has 0 aliphatic rings. The normalized spacial score (nSPS) is 9.91. The number of phenolic OH excluding ortho intramolecular Hbond substituents is 2. The smallest absolute Gasteiger partial charge is 0.123 e. The SMILES string of the molecule is ONCc1c(O)cccc1O. The summed E-state index contributed by atoms with van der Waals surface area (Å²) in [4.78, 5) is 0. The highest BCUT2D eigenvalue weighted by Gasteiger charge is 2.04. The van der Waals surface area contributed by atoms with Crippen molar-refractivity contribution in [3.05, 3.63) is 23.8 Å². The molecule has 0 bridgehead atoms. The molecule has 0 aliphatic carbocycles. The summed E-state index contributed by atoms with van der Waals surface area (Å²) >= 11 is 0. The van der Waals surface area contributed by atoms with Crippen molar-refractivity contribution < 1.29 is 15.4 Å². The fourth-order valence-corrected chi connectivity index (χ4v) is 0.823. The first kappa shape index (κ1) is 7.84. The molecule has 11 heavy (non-hydrogen) atoms. The van der Waals surface area contributed by atoms with E-state index in [1.165, 1.54) is 18.2 Å². The van der Waals surface area contributed by atoms with Crippen molar-refractivity contribution in [1.29, 1.82) is 0 Å². The summed E-state index contributed by atoms with van der Waals surface area (Å²) in [6.45, 7) is 0.0263. The van der Waals surface area contributed by atoms with Crippen molar-refractivity contribution in [2.24, 2.45) is 0 Å². The van der Waals surface area contributed by atoms with Gasteiger partial charge in [-0.2, -0.15) is 0 Å². The first-order valence-corrected chi connectivity index (χ1v) is 3.12. The average molecular weight is 155 g/mol.